The first-order valence-corrected chi connectivity index (χ1v) is 7.13. The van der Waals surface area contributed by atoms with E-state index in [1.54, 1.807) is 11.8 Å². The predicted octanol–water partition coefficient (Wildman–Crippen LogP) is 2.93. The molecule has 2 nitrogen and oxygen atoms in total. The van der Waals surface area contributed by atoms with Gasteiger partial charge in [-0.3, -0.25) is 0 Å². The van der Waals surface area contributed by atoms with Gasteiger partial charge in [0.05, 0.1) is 0 Å². The van der Waals surface area contributed by atoms with Crippen LogP contribution in [0.2, 0.25) is 0 Å². The summed E-state index contributed by atoms with van der Waals surface area (Å²) >= 11 is 1.75. The third-order valence-corrected chi connectivity index (χ3v) is 3.66. The molecule has 1 saturated heterocycles. The van der Waals surface area contributed by atoms with E-state index in [0.717, 1.165) is 31.7 Å². The highest BCUT2D eigenvalue weighted by atomic mass is 32.2. The monoisotopic (exact) mass is 237 g/mol. The first-order chi connectivity index (χ1) is 7.90. The van der Waals surface area contributed by atoms with E-state index in [1.165, 1.54) is 11.3 Å². The Morgan fingerprint density at radius 1 is 1.25 bits per heavy atom. The van der Waals surface area contributed by atoms with E-state index in [-0.39, 0.29) is 0 Å². The van der Waals surface area contributed by atoms with Gasteiger partial charge in [-0.2, -0.15) is 0 Å². The molecule has 88 valence electrons. The number of ether oxygens (including phenoxy) is 1. The van der Waals surface area contributed by atoms with E-state index in [2.05, 4.69) is 29.8 Å². The number of nitrogens with one attached hydrogen (secondary N) is 1. The lowest BCUT2D eigenvalue weighted by Gasteiger charge is -2.18. The summed E-state index contributed by atoms with van der Waals surface area (Å²) in [4.78, 5) is 1.24. The molecule has 2 rings (SSSR count). The van der Waals surface area contributed by atoms with Crippen molar-refractivity contribution in [1.29, 1.82) is 0 Å². The summed E-state index contributed by atoms with van der Waals surface area (Å²) in [6, 6.07) is 8.30. The standard InChI is InChI=1S/C13H19NOS/c1-16-13-7-3-2-6-12(13)15-11-5-4-9-14-10-8-11/h2-3,6-7,11,14H,4-5,8-10H2,1H3. The second kappa shape index (κ2) is 6.16. The van der Waals surface area contributed by atoms with Gasteiger partial charge in [0, 0.05) is 4.90 Å². The molecule has 0 radical (unpaired) electrons. The molecular weight excluding hydrogens is 218 g/mol. The third-order valence-electron chi connectivity index (χ3n) is 2.89. The smallest absolute Gasteiger partial charge is 0.133 e. The van der Waals surface area contributed by atoms with Crippen molar-refractivity contribution < 1.29 is 4.74 Å². The Hall–Kier alpha value is -0.670. The van der Waals surface area contributed by atoms with Crippen molar-refractivity contribution in [1.82, 2.24) is 5.32 Å². The summed E-state index contributed by atoms with van der Waals surface area (Å²) in [6.07, 6.45) is 5.96. The summed E-state index contributed by atoms with van der Waals surface area (Å²) in [5.74, 6) is 1.04. The second-order valence-corrected chi connectivity index (χ2v) is 4.92. The van der Waals surface area contributed by atoms with Gasteiger partial charge >= 0.3 is 0 Å². The van der Waals surface area contributed by atoms with Gasteiger partial charge in [-0.1, -0.05) is 12.1 Å². The molecule has 1 aliphatic heterocycles. The van der Waals surface area contributed by atoms with E-state index in [9.17, 15) is 0 Å². The molecule has 1 atom stereocenters. The summed E-state index contributed by atoms with van der Waals surface area (Å²) in [5, 5.41) is 3.41. The Kier molecular flexibility index (Phi) is 4.55. The van der Waals surface area contributed by atoms with E-state index in [1.807, 2.05) is 6.07 Å². The van der Waals surface area contributed by atoms with Crippen molar-refractivity contribution in [2.45, 2.75) is 30.3 Å². The molecule has 0 bridgehead atoms. The van der Waals surface area contributed by atoms with Gasteiger partial charge in [-0.05, 0) is 50.7 Å². The molecular formula is C13H19NOS. The van der Waals surface area contributed by atoms with Crippen LogP contribution in [0.1, 0.15) is 19.3 Å². The summed E-state index contributed by atoms with van der Waals surface area (Å²) in [5.41, 5.74) is 0. The first kappa shape index (κ1) is 11.8. The lowest BCUT2D eigenvalue weighted by molar-refractivity contribution is 0.183. The lowest BCUT2D eigenvalue weighted by atomic mass is 10.1. The minimum Gasteiger partial charge on any atom is -0.489 e. The number of hydrogen-bond donors (Lipinski definition) is 1. The van der Waals surface area contributed by atoms with Crippen LogP contribution in [-0.2, 0) is 0 Å². The molecule has 1 unspecified atom stereocenters. The molecule has 1 heterocycles. The van der Waals surface area contributed by atoms with Crippen molar-refractivity contribution in [2.75, 3.05) is 19.3 Å². The maximum atomic E-state index is 6.10. The molecule has 1 N–H and O–H groups in total. The van der Waals surface area contributed by atoms with E-state index >= 15 is 0 Å². The van der Waals surface area contributed by atoms with Crippen LogP contribution in [0.25, 0.3) is 0 Å². The molecule has 1 fully saturated rings. The fraction of sp³-hybridized carbons (Fsp3) is 0.538. The Morgan fingerprint density at radius 2 is 2.12 bits per heavy atom. The van der Waals surface area contributed by atoms with Gasteiger partial charge in [-0.15, -0.1) is 11.8 Å². The Bertz CT molecular complexity index is 321. The maximum Gasteiger partial charge on any atom is 0.133 e. The fourth-order valence-corrected chi connectivity index (χ4v) is 2.53. The summed E-state index contributed by atoms with van der Waals surface area (Å²) in [6.45, 7) is 2.20. The van der Waals surface area contributed by atoms with Crippen LogP contribution in [0.15, 0.2) is 29.2 Å². The first-order valence-electron chi connectivity index (χ1n) is 5.90. The predicted molar refractivity (Wildman–Crippen MR) is 69.4 cm³/mol. The topological polar surface area (TPSA) is 21.3 Å². The van der Waals surface area contributed by atoms with Crippen LogP contribution in [0.4, 0.5) is 0 Å². The minimum absolute atomic E-state index is 0.378. The van der Waals surface area contributed by atoms with Crippen molar-refractivity contribution >= 4 is 11.8 Å². The number of rotatable bonds is 3. The largest absolute Gasteiger partial charge is 0.489 e. The molecule has 0 aliphatic carbocycles. The highest BCUT2D eigenvalue weighted by molar-refractivity contribution is 7.98. The van der Waals surface area contributed by atoms with Crippen molar-refractivity contribution in [3.8, 4) is 5.75 Å². The van der Waals surface area contributed by atoms with E-state index < -0.39 is 0 Å². The molecule has 16 heavy (non-hydrogen) atoms. The fourth-order valence-electron chi connectivity index (χ4n) is 2.00. The minimum atomic E-state index is 0.378. The lowest BCUT2D eigenvalue weighted by Crippen LogP contribution is -2.19. The zero-order valence-corrected chi connectivity index (χ0v) is 10.6. The zero-order valence-electron chi connectivity index (χ0n) is 9.74. The SMILES string of the molecule is CSc1ccccc1OC1CCCNCC1. The number of para-hydroxylation sites is 1. The highest BCUT2D eigenvalue weighted by Gasteiger charge is 2.14. The van der Waals surface area contributed by atoms with Crippen LogP contribution in [0, 0.1) is 0 Å². The normalized spacial score (nSPS) is 21.4. The van der Waals surface area contributed by atoms with Crippen LogP contribution in [0.5, 0.6) is 5.75 Å². The van der Waals surface area contributed by atoms with Crippen LogP contribution in [0.3, 0.4) is 0 Å². The number of thioether (sulfide) groups is 1. The van der Waals surface area contributed by atoms with Gasteiger partial charge in [-0.25, -0.2) is 0 Å². The molecule has 1 aromatic rings. The molecule has 1 aromatic carbocycles. The van der Waals surface area contributed by atoms with Crippen molar-refractivity contribution in [3.63, 3.8) is 0 Å². The Labute approximate surface area is 102 Å². The highest BCUT2D eigenvalue weighted by Crippen LogP contribution is 2.29. The van der Waals surface area contributed by atoms with Gasteiger partial charge in [0.2, 0.25) is 0 Å². The molecule has 0 amide bonds. The molecule has 0 saturated carbocycles. The molecule has 1 aliphatic rings. The van der Waals surface area contributed by atoms with Gasteiger partial charge < -0.3 is 10.1 Å². The summed E-state index contributed by atoms with van der Waals surface area (Å²) in [7, 11) is 0. The average Bonchev–Trinajstić information content (AvgIpc) is 2.58. The van der Waals surface area contributed by atoms with Crippen LogP contribution in [-0.4, -0.2) is 25.4 Å². The maximum absolute atomic E-state index is 6.10. The quantitative estimate of drug-likeness (QED) is 0.817. The molecule has 0 spiro atoms. The average molecular weight is 237 g/mol. The van der Waals surface area contributed by atoms with E-state index in [0.29, 0.717) is 6.10 Å². The van der Waals surface area contributed by atoms with Gasteiger partial charge in [0.15, 0.2) is 0 Å². The number of hydrogen-bond acceptors (Lipinski definition) is 3. The second-order valence-electron chi connectivity index (χ2n) is 4.07. The van der Waals surface area contributed by atoms with Crippen molar-refractivity contribution in [3.05, 3.63) is 24.3 Å². The zero-order chi connectivity index (χ0) is 11.2. The van der Waals surface area contributed by atoms with Crippen LogP contribution < -0.4 is 10.1 Å². The third kappa shape index (κ3) is 3.16. The van der Waals surface area contributed by atoms with Crippen LogP contribution >= 0.6 is 11.8 Å². The van der Waals surface area contributed by atoms with Crippen molar-refractivity contribution in [2.24, 2.45) is 0 Å². The molecule has 3 heteroatoms. The Balaban J connectivity index is 2.01. The number of benzene rings is 1. The van der Waals surface area contributed by atoms with Gasteiger partial charge in [0.25, 0.3) is 0 Å². The summed E-state index contributed by atoms with van der Waals surface area (Å²) < 4.78 is 6.10. The Morgan fingerprint density at radius 3 is 3.00 bits per heavy atom. The van der Waals surface area contributed by atoms with E-state index in [4.69, 9.17) is 4.74 Å². The van der Waals surface area contributed by atoms with Gasteiger partial charge in [0.1, 0.15) is 11.9 Å². The molecule has 0 aromatic heterocycles.